The molecule has 1 aromatic heterocycles. The first-order valence-corrected chi connectivity index (χ1v) is 7.04. The van der Waals surface area contributed by atoms with E-state index in [2.05, 4.69) is 11.1 Å². The number of aromatic nitrogens is 1. The van der Waals surface area contributed by atoms with E-state index in [4.69, 9.17) is 9.47 Å². The van der Waals surface area contributed by atoms with Gasteiger partial charge in [0.05, 0.1) is 13.0 Å². The van der Waals surface area contributed by atoms with Crippen LogP contribution in [0.2, 0.25) is 0 Å². The van der Waals surface area contributed by atoms with E-state index in [1.54, 1.807) is 12.4 Å². The standard InChI is InChI=1S/C17H17NO3/c1-20-17(19)14-3-2-13-11-16(5-4-12(13)10-14)21-15-6-8-18-9-7-15/h4-9,11,14H,2-3,10H2,1H3. The fraction of sp³-hybridized carbons (Fsp3) is 0.294. The molecule has 0 N–H and O–H groups in total. The van der Waals surface area contributed by atoms with Crippen molar-refractivity contribution in [3.05, 3.63) is 53.9 Å². The predicted molar refractivity (Wildman–Crippen MR) is 78.3 cm³/mol. The molecule has 0 radical (unpaired) electrons. The number of carbonyl (C=O) groups excluding carboxylic acids is 1. The summed E-state index contributed by atoms with van der Waals surface area (Å²) in [6.45, 7) is 0. The SMILES string of the molecule is COC(=O)C1CCc2cc(Oc3ccncc3)ccc2C1. The summed E-state index contributed by atoms with van der Waals surface area (Å²) in [7, 11) is 1.45. The van der Waals surface area contributed by atoms with Crippen molar-refractivity contribution in [2.24, 2.45) is 5.92 Å². The Morgan fingerprint density at radius 1 is 1.14 bits per heavy atom. The molecule has 21 heavy (non-hydrogen) atoms. The van der Waals surface area contributed by atoms with Crippen LogP contribution >= 0.6 is 0 Å². The van der Waals surface area contributed by atoms with Gasteiger partial charge in [0, 0.05) is 12.4 Å². The van der Waals surface area contributed by atoms with E-state index in [1.165, 1.54) is 18.2 Å². The molecule has 0 fully saturated rings. The minimum atomic E-state index is -0.113. The van der Waals surface area contributed by atoms with Crippen molar-refractivity contribution in [3.8, 4) is 11.5 Å². The summed E-state index contributed by atoms with van der Waals surface area (Å²) in [5, 5.41) is 0. The number of fused-ring (bicyclic) bond motifs is 1. The van der Waals surface area contributed by atoms with Gasteiger partial charge in [-0.05, 0) is 54.7 Å². The number of ether oxygens (including phenoxy) is 2. The number of hydrogen-bond acceptors (Lipinski definition) is 4. The molecule has 0 aliphatic heterocycles. The summed E-state index contributed by atoms with van der Waals surface area (Å²) in [5.74, 6) is 1.46. The molecule has 0 saturated heterocycles. The van der Waals surface area contributed by atoms with Crippen molar-refractivity contribution in [1.29, 1.82) is 0 Å². The summed E-state index contributed by atoms with van der Waals surface area (Å²) in [6.07, 6.45) is 5.86. The van der Waals surface area contributed by atoms with Gasteiger partial charge in [0.25, 0.3) is 0 Å². The zero-order valence-corrected chi connectivity index (χ0v) is 11.9. The molecule has 1 aliphatic rings. The topological polar surface area (TPSA) is 48.4 Å². The van der Waals surface area contributed by atoms with Gasteiger partial charge in [-0.25, -0.2) is 0 Å². The highest BCUT2D eigenvalue weighted by Gasteiger charge is 2.25. The van der Waals surface area contributed by atoms with Crippen LogP contribution in [0, 0.1) is 5.92 Å². The lowest BCUT2D eigenvalue weighted by atomic mass is 9.84. The Hall–Kier alpha value is -2.36. The minimum Gasteiger partial charge on any atom is -0.469 e. The first-order chi connectivity index (χ1) is 10.3. The Morgan fingerprint density at radius 3 is 2.71 bits per heavy atom. The average Bonchev–Trinajstić information content (AvgIpc) is 2.54. The molecule has 4 nitrogen and oxygen atoms in total. The molecular weight excluding hydrogens is 266 g/mol. The lowest BCUT2D eigenvalue weighted by molar-refractivity contribution is -0.145. The second-order valence-corrected chi connectivity index (χ2v) is 5.18. The van der Waals surface area contributed by atoms with Crippen LogP contribution in [0.4, 0.5) is 0 Å². The number of carbonyl (C=O) groups is 1. The first kappa shape index (κ1) is 13.6. The van der Waals surface area contributed by atoms with Crippen molar-refractivity contribution in [2.45, 2.75) is 19.3 Å². The molecule has 3 rings (SSSR count). The van der Waals surface area contributed by atoms with Gasteiger partial charge in [0.2, 0.25) is 0 Å². The van der Waals surface area contributed by atoms with Crippen molar-refractivity contribution in [3.63, 3.8) is 0 Å². The summed E-state index contributed by atoms with van der Waals surface area (Å²) < 4.78 is 10.6. The van der Waals surface area contributed by atoms with E-state index in [0.717, 1.165) is 30.8 Å². The smallest absolute Gasteiger partial charge is 0.309 e. The number of nitrogens with zero attached hydrogens (tertiary/aromatic N) is 1. The fourth-order valence-electron chi connectivity index (χ4n) is 2.71. The van der Waals surface area contributed by atoms with Crippen LogP contribution < -0.4 is 4.74 Å². The van der Waals surface area contributed by atoms with Crippen molar-refractivity contribution < 1.29 is 14.3 Å². The number of rotatable bonds is 3. The molecule has 1 atom stereocenters. The molecular formula is C17H17NO3. The van der Waals surface area contributed by atoms with Crippen LogP contribution in [0.1, 0.15) is 17.5 Å². The van der Waals surface area contributed by atoms with Crippen LogP contribution in [-0.4, -0.2) is 18.1 Å². The van der Waals surface area contributed by atoms with Crippen LogP contribution in [0.15, 0.2) is 42.7 Å². The highest BCUT2D eigenvalue weighted by molar-refractivity contribution is 5.73. The molecule has 0 amide bonds. The highest BCUT2D eigenvalue weighted by Crippen LogP contribution is 2.30. The van der Waals surface area contributed by atoms with Crippen LogP contribution in [0.25, 0.3) is 0 Å². The lowest BCUT2D eigenvalue weighted by Gasteiger charge is -2.23. The normalized spacial score (nSPS) is 16.9. The Morgan fingerprint density at radius 2 is 1.95 bits per heavy atom. The van der Waals surface area contributed by atoms with Gasteiger partial charge in [0.15, 0.2) is 0 Å². The summed E-state index contributed by atoms with van der Waals surface area (Å²) in [6, 6.07) is 9.70. The zero-order valence-electron chi connectivity index (χ0n) is 11.9. The maximum atomic E-state index is 11.6. The summed E-state index contributed by atoms with van der Waals surface area (Å²) in [4.78, 5) is 15.6. The van der Waals surface area contributed by atoms with Gasteiger partial charge in [-0.1, -0.05) is 6.07 Å². The van der Waals surface area contributed by atoms with E-state index >= 15 is 0 Å². The number of hydrogen-bond donors (Lipinski definition) is 0. The molecule has 4 heteroatoms. The molecule has 1 heterocycles. The number of pyridine rings is 1. The third-order valence-corrected chi connectivity index (χ3v) is 3.83. The van der Waals surface area contributed by atoms with E-state index < -0.39 is 0 Å². The number of esters is 1. The van der Waals surface area contributed by atoms with Crippen LogP contribution in [-0.2, 0) is 22.4 Å². The largest absolute Gasteiger partial charge is 0.469 e. The average molecular weight is 283 g/mol. The molecule has 1 aliphatic carbocycles. The van der Waals surface area contributed by atoms with E-state index in [-0.39, 0.29) is 11.9 Å². The van der Waals surface area contributed by atoms with E-state index in [0.29, 0.717) is 0 Å². The van der Waals surface area contributed by atoms with Crippen LogP contribution in [0.3, 0.4) is 0 Å². The number of benzene rings is 1. The molecule has 0 bridgehead atoms. The lowest BCUT2D eigenvalue weighted by Crippen LogP contribution is -2.23. The monoisotopic (exact) mass is 283 g/mol. The fourth-order valence-corrected chi connectivity index (χ4v) is 2.71. The zero-order chi connectivity index (χ0) is 14.7. The van der Waals surface area contributed by atoms with Crippen molar-refractivity contribution >= 4 is 5.97 Å². The Labute approximate surface area is 123 Å². The minimum absolute atomic E-state index is 0.0190. The van der Waals surface area contributed by atoms with E-state index in [1.807, 2.05) is 24.3 Å². The third-order valence-electron chi connectivity index (χ3n) is 3.83. The van der Waals surface area contributed by atoms with Gasteiger partial charge >= 0.3 is 5.97 Å². The molecule has 1 unspecified atom stereocenters. The van der Waals surface area contributed by atoms with Gasteiger partial charge in [-0.15, -0.1) is 0 Å². The summed E-state index contributed by atoms with van der Waals surface area (Å²) in [5.41, 5.74) is 2.46. The van der Waals surface area contributed by atoms with E-state index in [9.17, 15) is 4.79 Å². The van der Waals surface area contributed by atoms with Crippen molar-refractivity contribution in [1.82, 2.24) is 4.98 Å². The quantitative estimate of drug-likeness (QED) is 0.812. The van der Waals surface area contributed by atoms with Gasteiger partial charge < -0.3 is 9.47 Å². The Bertz CT molecular complexity index is 640. The highest BCUT2D eigenvalue weighted by atomic mass is 16.5. The van der Waals surface area contributed by atoms with Crippen LogP contribution in [0.5, 0.6) is 11.5 Å². The number of methoxy groups -OCH3 is 1. The molecule has 0 saturated carbocycles. The molecule has 2 aromatic rings. The first-order valence-electron chi connectivity index (χ1n) is 7.04. The maximum absolute atomic E-state index is 11.6. The third kappa shape index (κ3) is 3.05. The van der Waals surface area contributed by atoms with Gasteiger partial charge in [-0.2, -0.15) is 0 Å². The number of aryl methyl sites for hydroxylation is 1. The molecule has 1 aromatic carbocycles. The Balaban J connectivity index is 1.76. The second kappa shape index (κ2) is 5.95. The molecule has 0 spiro atoms. The maximum Gasteiger partial charge on any atom is 0.309 e. The van der Waals surface area contributed by atoms with Crippen molar-refractivity contribution in [2.75, 3.05) is 7.11 Å². The second-order valence-electron chi connectivity index (χ2n) is 5.18. The van der Waals surface area contributed by atoms with Gasteiger partial charge in [0.1, 0.15) is 11.5 Å². The Kier molecular flexibility index (Phi) is 3.86. The molecule has 108 valence electrons. The predicted octanol–water partition coefficient (Wildman–Crippen LogP) is 3.15. The summed E-state index contributed by atoms with van der Waals surface area (Å²) >= 11 is 0. The van der Waals surface area contributed by atoms with Gasteiger partial charge in [-0.3, -0.25) is 9.78 Å².